The summed E-state index contributed by atoms with van der Waals surface area (Å²) in [7, 11) is 2.11. The van der Waals surface area contributed by atoms with Crippen LogP contribution in [0.15, 0.2) is 12.3 Å². The van der Waals surface area contributed by atoms with Crippen LogP contribution in [0.5, 0.6) is 0 Å². The molecule has 1 saturated heterocycles. The zero-order valence-electron chi connectivity index (χ0n) is 12.6. The van der Waals surface area contributed by atoms with Crippen LogP contribution in [0, 0.1) is 0 Å². The molecule has 0 aromatic carbocycles. The number of hydrogen-bond acceptors (Lipinski definition) is 6. The van der Waals surface area contributed by atoms with Crippen LogP contribution in [0.4, 0.5) is 11.8 Å². The summed E-state index contributed by atoms with van der Waals surface area (Å²) in [6.45, 7) is 7.16. The van der Waals surface area contributed by atoms with Gasteiger partial charge in [0.05, 0.1) is 0 Å². The van der Waals surface area contributed by atoms with Gasteiger partial charge in [-0.2, -0.15) is 4.98 Å². The van der Waals surface area contributed by atoms with Crippen molar-refractivity contribution in [2.75, 3.05) is 43.5 Å². The molecule has 112 valence electrons. The Balaban J connectivity index is 2.07. The monoisotopic (exact) mass is 279 g/mol. The number of hydrogen-bond donors (Lipinski definition) is 2. The fourth-order valence-corrected chi connectivity index (χ4v) is 2.47. The molecule has 0 aliphatic carbocycles. The Labute approximate surface area is 120 Å². The van der Waals surface area contributed by atoms with E-state index in [1.807, 2.05) is 6.07 Å². The van der Waals surface area contributed by atoms with Crippen LogP contribution in [0.2, 0.25) is 0 Å². The normalized spacial score (nSPS) is 20.4. The van der Waals surface area contributed by atoms with Crippen LogP contribution in [-0.2, 0) is 0 Å². The standard InChI is InChI=1S/C14H25N5O/c1-11(2)16-13-4-6-15-14(17-13)19-8-7-18(3)12(10-19)5-9-20/h4,6,11-12,20H,5,7-10H2,1-3H3,(H,15,16,17)/t12-/m1/s1. The van der Waals surface area contributed by atoms with Gasteiger partial charge in [0.2, 0.25) is 5.95 Å². The third-order valence-electron chi connectivity index (χ3n) is 3.60. The quantitative estimate of drug-likeness (QED) is 0.831. The Morgan fingerprint density at radius 2 is 2.25 bits per heavy atom. The Bertz CT molecular complexity index is 426. The average Bonchev–Trinajstić information content (AvgIpc) is 2.41. The zero-order valence-corrected chi connectivity index (χ0v) is 12.6. The first-order chi connectivity index (χ1) is 9.60. The van der Waals surface area contributed by atoms with E-state index in [1.165, 1.54) is 0 Å². The van der Waals surface area contributed by atoms with Gasteiger partial charge in [0.25, 0.3) is 0 Å². The third-order valence-corrected chi connectivity index (χ3v) is 3.60. The molecule has 2 N–H and O–H groups in total. The minimum Gasteiger partial charge on any atom is -0.396 e. The van der Waals surface area contributed by atoms with Gasteiger partial charge >= 0.3 is 0 Å². The molecule has 1 atom stereocenters. The fraction of sp³-hybridized carbons (Fsp3) is 0.714. The van der Waals surface area contributed by atoms with Crippen molar-refractivity contribution in [3.63, 3.8) is 0 Å². The summed E-state index contributed by atoms with van der Waals surface area (Å²) in [6, 6.07) is 2.61. The minimum absolute atomic E-state index is 0.221. The summed E-state index contributed by atoms with van der Waals surface area (Å²) in [5.74, 6) is 1.63. The Hall–Kier alpha value is -1.40. The number of nitrogens with one attached hydrogen (secondary N) is 1. The molecule has 6 nitrogen and oxygen atoms in total. The van der Waals surface area contributed by atoms with Crippen molar-refractivity contribution >= 4 is 11.8 Å². The molecule has 1 aliphatic rings. The van der Waals surface area contributed by atoms with Gasteiger partial charge in [0, 0.05) is 44.5 Å². The van der Waals surface area contributed by atoms with E-state index >= 15 is 0 Å². The molecule has 1 aromatic rings. The van der Waals surface area contributed by atoms with Crippen molar-refractivity contribution in [2.45, 2.75) is 32.4 Å². The van der Waals surface area contributed by atoms with E-state index < -0.39 is 0 Å². The number of likely N-dealkylation sites (N-methyl/N-ethyl adjacent to an activating group) is 1. The molecular formula is C14H25N5O. The van der Waals surface area contributed by atoms with E-state index in [-0.39, 0.29) is 6.61 Å². The fourth-order valence-electron chi connectivity index (χ4n) is 2.47. The van der Waals surface area contributed by atoms with E-state index in [0.29, 0.717) is 12.1 Å². The van der Waals surface area contributed by atoms with Crippen LogP contribution < -0.4 is 10.2 Å². The summed E-state index contributed by atoms with van der Waals surface area (Å²) < 4.78 is 0. The molecule has 2 rings (SSSR count). The molecule has 1 aliphatic heterocycles. The van der Waals surface area contributed by atoms with Gasteiger partial charge in [-0.05, 0) is 33.4 Å². The number of aliphatic hydroxyl groups excluding tert-OH is 1. The molecule has 2 heterocycles. The highest BCUT2D eigenvalue weighted by atomic mass is 16.3. The summed E-state index contributed by atoms with van der Waals surface area (Å²) in [4.78, 5) is 13.5. The van der Waals surface area contributed by atoms with Crippen LogP contribution in [0.3, 0.4) is 0 Å². The predicted molar refractivity (Wildman–Crippen MR) is 81.1 cm³/mol. The molecule has 6 heteroatoms. The first-order valence-electron chi connectivity index (χ1n) is 7.25. The van der Waals surface area contributed by atoms with Gasteiger partial charge < -0.3 is 15.3 Å². The lowest BCUT2D eigenvalue weighted by molar-refractivity contribution is 0.170. The van der Waals surface area contributed by atoms with Crippen LogP contribution in [0.25, 0.3) is 0 Å². The molecule has 0 spiro atoms. The van der Waals surface area contributed by atoms with Gasteiger partial charge in [-0.25, -0.2) is 4.98 Å². The Morgan fingerprint density at radius 1 is 1.45 bits per heavy atom. The van der Waals surface area contributed by atoms with Crippen molar-refractivity contribution < 1.29 is 5.11 Å². The first-order valence-corrected chi connectivity index (χ1v) is 7.25. The third kappa shape index (κ3) is 3.80. The van der Waals surface area contributed by atoms with E-state index in [4.69, 9.17) is 5.11 Å². The van der Waals surface area contributed by atoms with Gasteiger partial charge in [-0.3, -0.25) is 4.90 Å². The topological polar surface area (TPSA) is 64.5 Å². The first kappa shape index (κ1) is 15.0. The molecule has 0 unspecified atom stereocenters. The second kappa shape index (κ2) is 6.85. The van der Waals surface area contributed by atoms with E-state index in [1.54, 1.807) is 6.20 Å². The van der Waals surface area contributed by atoms with Crippen molar-refractivity contribution in [3.05, 3.63) is 12.3 Å². The second-order valence-electron chi connectivity index (χ2n) is 5.63. The number of rotatable bonds is 5. The number of piperazine rings is 1. The molecule has 0 saturated carbocycles. The Kier molecular flexibility index (Phi) is 5.14. The summed E-state index contributed by atoms with van der Waals surface area (Å²) in [5.41, 5.74) is 0. The zero-order chi connectivity index (χ0) is 14.5. The molecule has 0 amide bonds. The number of aromatic nitrogens is 2. The highest BCUT2D eigenvalue weighted by Gasteiger charge is 2.25. The number of nitrogens with zero attached hydrogens (tertiary/aromatic N) is 4. The molecule has 20 heavy (non-hydrogen) atoms. The molecule has 0 radical (unpaired) electrons. The maximum absolute atomic E-state index is 9.15. The molecule has 1 fully saturated rings. The maximum atomic E-state index is 9.15. The largest absolute Gasteiger partial charge is 0.396 e. The van der Waals surface area contributed by atoms with E-state index in [9.17, 15) is 0 Å². The predicted octanol–water partition coefficient (Wildman–Crippen LogP) is 0.800. The molecule has 0 bridgehead atoms. The van der Waals surface area contributed by atoms with Gasteiger partial charge in [0.15, 0.2) is 0 Å². The Morgan fingerprint density at radius 3 is 2.95 bits per heavy atom. The summed E-state index contributed by atoms with van der Waals surface area (Å²) >= 11 is 0. The van der Waals surface area contributed by atoms with Crippen LogP contribution >= 0.6 is 0 Å². The van der Waals surface area contributed by atoms with E-state index in [2.05, 4.69) is 46.0 Å². The van der Waals surface area contributed by atoms with Crippen molar-refractivity contribution in [3.8, 4) is 0 Å². The van der Waals surface area contributed by atoms with Crippen LogP contribution in [-0.4, -0.2) is 65.3 Å². The summed E-state index contributed by atoms with van der Waals surface area (Å²) in [6.07, 6.45) is 2.59. The minimum atomic E-state index is 0.221. The van der Waals surface area contributed by atoms with Gasteiger partial charge in [-0.1, -0.05) is 0 Å². The molecule has 1 aromatic heterocycles. The highest BCUT2D eigenvalue weighted by molar-refractivity contribution is 5.42. The SMILES string of the molecule is CC(C)Nc1ccnc(N2CCN(C)[C@H](CCO)C2)n1. The lowest BCUT2D eigenvalue weighted by Crippen LogP contribution is -2.52. The van der Waals surface area contributed by atoms with Gasteiger partial charge in [0.1, 0.15) is 5.82 Å². The van der Waals surface area contributed by atoms with Crippen LogP contribution in [0.1, 0.15) is 20.3 Å². The smallest absolute Gasteiger partial charge is 0.227 e. The average molecular weight is 279 g/mol. The van der Waals surface area contributed by atoms with Gasteiger partial charge in [-0.15, -0.1) is 0 Å². The molecular weight excluding hydrogens is 254 g/mol. The van der Waals surface area contributed by atoms with Crippen molar-refractivity contribution in [2.24, 2.45) is 0 Å². The highest BCUT2D eigenvalue weighted by Crippen LogP contribution is 2.17. The summed E-state index contributed by atoms with van der Waals surface area (Å²) in [5, 5.41) is 12.5. The van der Waals surface area contributed by atoms with Crippen molar-refractivity contribution in [1.82, 2.24) is 14.9 Å². The number of anilines is 2. The van der Waals surface area contributed by atoms with Crippen molar-refractivity contribution in [1.29, 1.82) is 0 Å². The lowest BCUT2D eigenvalue weighted by atomic mass is 10.1. The maximum Gasteiger partial charge on any atom is 0.227 e. The lowest BCUT2D eigenvalue weighted by Gasteiger charge is -2.39. The second-order valence-corrected chi connectivity index (χ2v) is 5.63. The number of aliphatic hydroxyl groups is 1. The van der Waals surface area contributed by atoms with E-state index in [0.717, 1.165) is 37.8 Å².